The zero-order chi connectivity index (χ0) is 22.3. The Bertz CT molecular complexity index is 1160. The molecule has 2 saturated heterocycles. The summed E-state index contributed by atoms with van der Waals surface area (Å²) in [6, 6.07) is 0. The SMILES string of the molecule is CCOc1nc(N2CC3(CCNCC3)C2)ncc1C(=O)Nc1cn2cc(C)nc2c(C)n1. The number of carbonyl (C=O) groups is 1. The molecule has 10 nitrogen and oxygen atoms in total. The molecule has 1 amide bonds. The summed E-state index contributed by atoms with van der Waals surface area (Å²) < 4.78 is 7.56. The second kappa shape index (κ2) is 8.01. The molecule has 0 unspecified atom stereocenters. The van der Waals surface area contributed by atoms with Gasteiger partial charge in [0, 0.05) is 30.9 Å². The van der Waals surface area contributed by atoms with Crippen LogP contribution in [-0.2, 0) is 0 Å². The van der Waals surface area contributed by atoms with Crippen LogP contribution in [0.3, 0.4) is 0 Å². The van der Waals surface area contributed by atoms with Crippen LogP contribution in [0.15, 0.2) is 18.6 Å². The van der Waals surface area contributed by atoms with E-state index >= 15 is 0 Å². The molecule has 10 heteroatoms. The highest BCUT2D eigenvalue weighted by molar-refractivity contribution is 6.05. The molecule has 3 aromatic rings. The minimum Gasteiger partial charge on any atom is -0.477 e. The van der Waals surface area contributed by atoms with Crippen LogP contribution >= 0.6 is 0 Å². The van der Waals surface area contributed by atoms with Crippen LogP contribution in [0.25, 0.3) is 5.65 Å². The number of carbonyl (C=O) groups excluding carboxylic acids is 1. The Morgan fingerprint density at radius 1 is 1.19 bits per heavy atom. The Labute approximate surface area is 186 Å². The zero-order valence-electron chi connectivity index (χ0n) is 18.7. The van der Waals surface area contributed by atoms with E-state index in [1.54, 1.807) is 12.4 Å². The molecular formula is C22H28N8O2. The van der Waals surface area contributed by atoms with Gasteiger partial charge in [-0.15, -0.1) is 0 Å². The van der Waals surface area contributed by atoms with Gasteiger partial charge < -0.3 is 24.7 Å². The van der Waals surface area contributed by atoms with Crippen molar-refractivity contribution in [1.29, 1.82) is 0 Å². The predicted molar refractivity (Wildman–Crippen MR) is 120 cm³/mol. The quantitative estimate of drug-likeness (QED) is 0.625. The summed E-state index contributed by atoms with van der Waals surface area (Å²) in [5.41, 5.74) is 3.04. The third-order valence-corrected chi connectivity index (χ3v) is 6.23. The van der Waals surface area contributed by atoms with Gasteiger partial charge in [-0.1, -0.05) is 0 Å². The largest absolute Gasteiger partial charge is 0.477 e. The van der Waals surface area contributed by atoms with Gasteiger partial charge in [0.05, 0.1) is 24.2 Å². The molecule has 2 fully saturated rings. The van der Waals surface area contributed by atoms with Gasteiger partial charge in [-0.25, -0.2) is 15.0 Å². The van der Waals surface area contributed by atoms with Crippen molar-refractivity contribution in [3.8, 4) is 5.88 Å². The summed E-state index contributed by atoms with van der Waals surface area (Å²) in [6.07, 6.45) is 7.54. The molecule has 0 saturated carbocycles. The highest BCUT2D eigenvalue weighted by atomic mass is 16.5. The van der Waals surface area contributed by atoms with Crippen molar-refractivity contribution in [3.63, 3.8) is 0 Å². The van der Waals surface area contributed by atoms with Crippen LogP contribution < -0.4 is 20.3 Å². The van der Waals surface area contributed by atoms with Crippen molar-refractivity contribution in [2.45, 2.75) is 33.6 Å². The van der Waals surface area contributed by atoms with E-state index in [0.29, 0.717) is 23.8 Å². The summed E-state index contributed by atoms with van der Waals surface area (Å²) in [6.45, 7) is 10.1. The molecule has 32 heavy (non-hydrogen) atoms. The summed E-state index contributed by atoms with van der Waals surface area (Å²) in [7, 11) is 0. The van der Waals surface area contributed by atoms with Gasteiger partial charge in [-0.2, -0.15) is 4.98 Å². The lowest BCUT2D eigenvalue weighted by Gasteiger charge is -2.52. The first kappa shape index (κ1) is 20.6. The number of hydrogen-bond acceptors (Lipinski definition) is 8. The van der Waals surface area contributed by atoms with E-state index < -0.39 is 0 Å². The molecule has 0 bridgehead atoms. The van der Waals surface area contributed by atoms with E-state index in [1.165, 1.54) is 12.8 Å². The average Bonchev–Trinajstić information content (AvgIpc) is 3.13. The molecule has 2 aliphatic heterocycles. The molecule has 0 aliphatic carbocycles. The Kier molecular flexibility index (Phi) is 5.16. The van der Waals surface area contributed by atoms with E-state index in [4.69, 9.17) is 4.74 Å². The van der Waals surface area contributed by atoms with Crippen LogP contribution in [0, 0.1) is 19.3 Å². The molecule has 5 rings (SSSR count). The number of hydrogen-bond donors (Lipinski definition) is 2. The number of amides is 1. The van der Waals surface area contributed by atoms with Crippen LogP contribution in [-0.4, -0.2) is 63.0 Å². The topological polar surface area (TPSA) is 110 Å². The average molecular weight is 437 g/mol. The fourth-order valence-corrected chi connectivity index (χ4v) is 4.61. The van der Waals surface area contributed by atoms with E-state index in [9.17, 15) is 4.79 Å². The van der Waals surface area contributed by atoms with E-state index in [2.05, 4.69) is 35.5 Å². The van der Waals surface area contributed by atoms with Gasteiger partial charge in [0.25, 0.3) is 5.91 Å². The highest BCUT2D eigenvalue weighted by Crippen LogP contribution is 2.40. The smallest absolute Gasteiger partial charge is 0.263 e. The lowest BCUT2D eigenvalue weighted by atomic mass is 9.72. The maximum Gasteiger partial charge on any atom is 0.263 e. The van der Waals surface area contributed by atoms with Gasteiger partial charge in [-0.3, -0.25) is 4.79 Å². The number of anilines is 2. The normalized spacial score (nSPS) is 17.4. The first-order chi connectivity index (χ1) is 15.5. The summed E-state index contributed by atoms with van der Waals surface area (Å²) in [5, 5.41) is 6.26. The minimum atomic E-state index is -0.360. The third kappa shape index (κ3) is 3.75. The van der Waals surface area contributed by atoms with E-state index in [1.807, 2.05) is 31.4 Å². The van der Waals surface area contributed by atoms with Gasteiger partial charge in [0.2, 0.25) is 11.8 Å². The zero-order valence-corrected chi connectivity index (χ0v) is 18.7. The van der Waals surface area contributed by atoms with Gasteiger partial charge in [0.1, 0.15) is 11.4 Å². The Morgan fingerprint density at radius 3 is 2.72 bits per heavy atom. The van der Waals surface area contributed by atoms with Crippen LogP contribution in [0.2, 0.25) is 0 Å². The third-order valence-electron chi connectivity index (χ3n) is 6.23. The van der Waals surface area contributed by atoms with Crippen molar-refractivity contribution in [2.24, 2.45) is 5.41 Å². The Hall–Kier alpha value is -3.27. The van der Waals surface area contributed by atoms with Crippen molar-refractivity contribution < 1.29 is 9.53 Å². The van der Waals surface area contributed by atoms with Gasteiger partial charge >= 0.3 is 0 Å². The Morgan fingerprint density at radius 2 is 1.97 bits per heavy atom. The number of piperidine rings is 1. The molecule has 0 atom stereocenters. The molecular weight excluding hydrogens is 408 g/mol. The first-order valence-corrected chi connectivity index (χ1v) is 11.1. The number of aryl methyl sites for hydroxylation is 2. The van der Waals surface area contributed by atoms with E-state index in [-0.39, 0.29) is 17.4 Å². The van der Waals surface area contributed by atoms with Crippen LogP contribution in [0.1, 0.15) is 41.5 Å². The van der Waals surface area contributed by atoms with Gasteiger partial charge in [0.15, 0.2) is 5.65 Å². The monoisotopic (exact) mass is 436 g/mol. The van der Waals surface area contributed by atoms with Crippen molar-refractivity contribution >= 4 is 23.3 Å². The second-order valence-electron chi connectivity index (χ2n) is 8.71. The molecule has 0 radical (unpaired) electrons. The number of aromatic nitrogens is 5. The summed E-state index contributed by atoms with van der Waals surface area (Å²) in [5.74, 6) is 0.969. The molecule has 0 aromatic carbocycles. The number of fused-ring (bicyclic) bond motifs is 1. The number of rotatable bonds is 5. The van der Waals surface area contributed by atoms with Crippen molar-refractivity contribution in [2.75, 3.05) is 43.0 Å². The number of nitrogens with one attached hydrogen (secondary N) is 2. The molecule has 1 spiro atoms. The van der Waals surface area contributed by atoms with Gasteiger partial charge in [-0.05, 0) is 46.7 Å². The summed E-state index contributed by atoms with van der Waals surface area (Å²) in [4.78, 5) is 33.1. The van der Waals surface area contributed by atoms with Crippen LogP contribution in [0.5, 0.6) is 5.88 Å². The van der Waals surface area contributed by atoms with Crippen LogP contribution in [0.4, 0.5) is 11.8 Å². The number of ether oxygens (including phenoxy) is 1. The Balaban J connectivity index is 1.35. The van der Waals surface area contributed by atoms with E-state index in [0.717, 1.165) is 43.2 Å². The second-order valence-corrected chi connectivity index (χ2v) is 8.71. The van der Waals surface area contributed by atoms with Crippen molar-refractivity contribution in [3.05, 3.63) is 35.5 Å². The maximum absolute atomic E-state index is 13.0. The molecule has 5 heterocycles. The van der Waals surface area contributed by atoms with Crippen molar-refractivity contribution in [1.82, 2.24) is 29.7 Å². The molecule has 3 aromatic heterocycles. The molecule has 2 aliphatic rings. The molecule has 168 valence electrons. The number of nitrogens with zero attached hydrogens (tertiary/aromatic N) is 6. The maximum atomic E-state index is 13.0. The standard InChI is InChI=1S/C22H28N8O2/c1-4-32-20-16(9-24-21(28-20)30-12-22(13-30)5-7-23-8-6-22)19(31)27-17-11-29-10-14(2)25-18(29)15(3)26-17/h9-11,23H,4-8,12-13H2,1-3H3,(H,27,31). The highest BCUT2D eigenvalue weighted by Gasteiger charge is 2.44. The minimum absolute atomic E-state index is 0.286. The fraction of sp³-hybridized carbons (Fsp3) is 0.500. The molecule has 2 N–H and O–H groups in total. The lowest BCUT2D eigenvalue weighted by molar-refractivity contribution is 0.102. The summed E-state index contributed by atoms with van der Waals surface area (Å²) >= 11 is 0. The fourth-order valence-electron chi connectivity index (χ4n) is 4.61. The number of imidazole rings is 1. The predicted octanol–water partition coefficient (Wildman–Crippen LogP) is 1.98. The first-order valence-electron chi connectivity index (χ1n) is 11.1. The lowest BCUT2D eigenvalue weighted by Crippen LogP contribution is -2.60.